The molecule has 1 aromatic rings. The lowest BCUT2D eigenvalue weighted by Crippen LogP contribution is -2.25. The molecular formula is C11H11NOS. The maximum Gasteiger partial charge on any atom is 0.147 e. The zero-order valence-corrected chi connectivity index (χ0v) is 8.70. The average molecular weight is 205 g/mol. The van der Waals surface area contributed by atoms with Crippen LogP contribution in [0.15, 0.2) is 35.7 Å². The van der Waals surface area contributed by atoms with Crippen LogP contribution in [0, 0.1) is 6.92 Å². The SMILES string of the molecule is Cc1ccccc1N1SC=CC1C=O. The third kappa shape index (κ3) is 1.55. The minimum atomic E-state index is -0.124. The smallest absolute Gasteiger partial charge is 0.147 e. The van der Waals surface area contributed by atoms with Crippen molar-refractivity contribution in [3.05, 3.63) is 41.3 Å². The van der Waals surface area contributed by atoms with Gasteiger partial charge >= 0.3 is 0 Å². The standard InChI is InChI=1S/C11H11NOS/c1-9-4-2-3-5-11(9)12-10(8-13)6-7-14-12/h2-8,10H,1H3. The Morgan fingerprint density at radius 2 is 2.21 bits per heavy atom. The summed E-state index contributed by atoms with van der Waals surface area (Å²) in [5.41, 5.74) is 2.30. The van der Waals surface area contributed by atoms with Crippen molar-refractivity contribution in [1.82, 2.24) is 0 Å². The molecule has 0 saturated heterocycles. The van der Waals surface area contributed by atoms with Crippen molar-refractivity contribution in [2.24, 2.45) is 0 Å². The van der Waals surface area contributed by atoms with E-state index in [9.17, 15) is 4.79 Å². The zero-order chi connectivity index (χ0) is 9.97. The lowest BCUT2D eigenvalue weighted by molar-refractivity contribution is -0.107. The van der Waals surface area contributed by atoms with Gasteiger partial charge in [-0.2, -0.15) is 0 Å². The maximum atomic E-state index is 10.8. The Balaban J connectivity index is 2.32. The third-order valence-electron chi connectivity index (χ3n) is 2.21. The topological polar surface area (TPSA) is 20.3 Å². The number of hydrogen-bond acceptors (Lipinski definition) is 3. The molecule has 0 radical (unpaired) electrons. The van der Waals surface area contributed by atoms with Crippen LogP contribution in [0.25, 0.3) is 0 Å². The first-order valence-electron chi connectivity index (χ1n) is 4.46. The Morgan fingerprint density at radius 1 is 1.43 bits per heavy atom. The summed E-state index contributed by atoms with van der Waals surface area (Å²) in [6, 6.07) is 7.95. The van der Waals surface area contributed by atoms with Crippen LogP contribution in [0.2, 0.25) is 0 Å². The first kappa shape index (κ1) is 9.34. The lowest BCUT2D eigenvalue weighted by Gasteiger charge is -2.22. The van der Waals surface area contributed by atoms with Gasteiger partial charge in [-0.3, -0.25) is 4.31 Å². The number of nitrogens with zero attached hydrogens (tertiary/aromatic N) is 1. The summed E-state index contributed by atoms with van der Waals surface area (Å²) in [5.74, 6) is 0. The van der Waals surface area contributed by atoms with Crippen LogP contribution in [0.3, 0.4) is 0 Å². The van der Waals surface area contributed by atoms with E-state index in [1.54, 1.807) is 11.9 Å². The van der Waals surface area contributed by atoms with Crippen molar-refractivity contribution in [1.29, 1.82) is 0 Å². The third-order valence-corrected chi connectivity index (χ3v) is 3.16. The van der Waals surface area contributed by atoms with Crippen LogP contribution in [0.5, 0.6) is 0 Å². The molecule has 2 nitrogen and oxygen atoms in total. The predicted octanol–water partition coefficient (Wildman–Crippen LogP) is 2.54. The van der Waals surface area contributed by atoms with Gasteiger partial charge in [0.25, 0.3) is 0 Å². The molecular weight excluding hydrogens is 194 g/mol. The van der Waals surface area contributed by atoms with Crippen LogP contribution < -0.4 is 4.31 Å². The number of hydrogen-bond donors (Lipinski definition) is 0. The van der Waals surface area contributed by atoms with Gasteiger partial charge in [-0.1, -0.05) is 18.2 Å². The second-order valence-electron chi connectivity index (χ2n) is 3.17. The number of para-hydroxylation sites is 1. The molecule has 0 aliphatic carbocycles. The normalized spacial score (nSPS) is 20.1. The van der Waals surface area contributed by atoms with Crippen molar-refractivity contribution < 1.29 is 4.79 Å². The second kappa shape index (κ2) is 3.88. The number of carbonyl (C=O) groups excluding carboxylic acids is 1. The van der Waals surface area contributed by atoms with Crippen LogP contribution >= 0.6 is 11.9 Å². The summed E-state index contributed by atoms with van der Waals surface area (Å²) in [4.78, 5) is 10.8. The fraction of sp³-hybridized carbons (Fsp3) is 0.182. The highest BCUT2D eigenvalue weighted by Crippen LogP contribution is 2.32. The molecule has 0 N–H and O–H groups in total. The Kier molecular flexibility index (Phi) is 2.59. The predicted molar refractivity (Wildman–Crippen MR) is 60.2 cm³/mol. The number of carbonyl (C=O) groups is 1. The van der Waals surface area contributed by atoms with Gasteiger partial charge in [-0.25, -0.2) is 0 Å². The molecule has 2 rings (SSSR count). The number of aldehydes is 1. The van der Waals surface area contributed by atoms with Gasteiger partial charge in [-0.05, 0) is 42.0 Å². The zero-order valence-electron chi connectivity index (χ0n) is 7.88. The molecule has 1 aliphatic heterocycles. The van der Waals surface area contributed by atoms with E-state index in [1.165, 1.54) is 5.56 Å². The molecule has 1 heterocycles. The molecule has 14 heavy (non-hydrogen) atoms. The average Bonchev–Trinajstić information content (AvgIpc) is 2.66. The van der Waals surface area contributed by atoms with E-state index < -0.39 is 0 Å². The molecule has 0 aromatic heterocycles. The van der Waals surface area contributed by atoms with Crippen LogP contribution in [0.4, 0.5) is 5.69 Å². The highest BCUT2D eigenvalue weighted by Gasteiger charge is 2.21. The van der Waals surface area contributed by atoms with Gasteiger partial charge in [0.2, 0.25) is 0 Å². The summed E-state index contributed by atoms with van der Waals surface area (Å²) in [7, 11) is 0. The molecule has 0 fully saturated rings. The summed E-state index contributed by atoms with van der Waals surface area (Å²) in [6.45, 7) is 2.05. The van der Waals surface area contributed by atoms with Crippen molar-refractivity contribution >= 4 is 23.9 Å². The highest BCUT2D eigenvalue weighted by molar-refractivity contribution is 8.03. The van der Waals surface area contributed by atoms with E-state index in [2.05, 4.69) is 13.0 Å². The van der Waals surface area contributed by atoms with Gasteiger partial charge in [0.05, 0.1) is 5.69 Å². The van der Waals surface area contributed by atoms with Crippen LogP contribution in [-0.4, -0.2) is 12.3 Å². The van der Waals surface area contributed by atoms with Gasteiger partial charge in [0.15, 0.2) is 0 Å². The number of benzene rings is 1. The monoisotopic (exact) mass is 205 g/mol. The fourth-order valence-corrected chi connectivity index (χ4v) is 2.40. The largest absolute Gasteiger partial charge is 0.301 e. The lowest BCUT2D eigenvalue weighted by atomic mass is 10.2. The van der Waals surface area contributed by atoms with E-state index in [-0.39, 0.29) is 6.04 Å². The molecule has 3 heteroatoms. The van der Waals surface area contributed by atoms with Gasteiger partial charge < -0.3 is 4.79 Å². The summed E-state index contributed by atoms with van der Waals surface area (Å²) >= 11 is 1.56. The molecule has 1 aromatic carbocycles. The van der Waals surface area contributed by atoms with Crippen molar-refractivity contribution in [2.45, 2.75) is 13.0 Å². The molecule has 0 saturated carbocycles. The highest BCUT2D eigenvalue weighted by atomic mass is 32.2. The van der Waals surface area contributed by atoms with E-state index in [0.29, 0.717) is 0 Å². The molecule has 0 spiro atoms. The molecule has 0 amide bonds. The Bertz CT molecular complexity index is 375. The Labute approximate surface area is 87.7 Å². The quantitative estimate of drug-likeness (QED) is 0.546. The van der Waals surface area contributed by atoms with Gasteiger partial charge in [0, 0.05) is 0 Å². The summed E-state index contributed by atoms with van der Waals surface area (Å²) in [6.07, 6.45) is 2.87. The van der Waals surface area contributed by atoms with Crippen LogP contribution in [0.1, 0.15) is 5.56 Å². The first-order valence-corrected chi connectivity index (χ1v) is 5.30. The number of anilines is 1. The van der Waals surface area contributed by atoms with E-state index in [4.69, 9.17) is 0 Å². The maximum absolute atomic E-state index is 10.8. The molecule has 72 valence electrons. The first-order chi connectivity index (χ1) is 6.83. The molecule has 1 atom stereocenters. The van der Waals surface area contributed by atoms with E-state index in [0.717, 1.165) is 12.0 Å². The summed E-state index contributed by atoms with van der Waals surface area (Å²) < 4.78 is 2.02. The van der Waals surface area contributed by atoms with E-state index in [1.807, 2.05) is 34.0 Å². The van der Waals surface area contributed by atoms with Crippen molar-refractivity contribution in [3.63, 3.8) is 0 Å². The number of rotatable bonds is 2. The Morgan fingerprint density at radius 3 is 2.93 bits per heavy atom. The van der Waals surface area contributed by atoms with Crippen molar-refractivity contribution in [2.75, 3.05) is 4.31 Å². The van der Waals surface area contributed by atoms with Gasteiger partial charge in [-0.15, -0.1) is 0 Å². The summed E-state index contributed by atoms with van der Waals surface area (Å²) in [5, 5.41) is 1.95. The minimum Gasteiger partial charge on any atom is -0.301 e. The second-order valence-corrected chi connectivity index (χ2v) is 4.05. The van der Waals surface area contributed by atoms with E-state index >= 15 is 0 Å². The fourth-order valence-electron chi connectivity index (χ4n) is 1.46. The molecule has 1 unspecified atom stereocenters. The molecule has 1 aliphatic rings. The van der Waals surface area contributed by atoms with Crippen LogP contribution in [-0.2, 0) is 4.79 Å². The minimum absolute atomic E-state index is 0.124. The van der Waals surface area contributed by atoms with Crippen molar-refractivity contribution in [3.8, 4) is 0 Å². The van der Waals surface area contributed by atoms with Gasteiger partial charge in [0.1, 0.15) is 12.3 Å². The number of aryl methyl sites for hydroxylation is 1. The molecule has 0 bridgehead atoms. The Hall–Kier alpha value is -1.22.